The summed E-state index contributed by atoms with van der Waals surface area (Å²) < 4.78 is 54.3. The summed E-state index contributed by atoms with van der Waals surface area (Å²) in [7, 11) is 2.49. The van der Waals surface area contributed by atoms with E-state index in [1.165, 1.54) is 19.2 Å². The number of benzene rings is 2. The van der Waals surface area contributed by atoms with Crippen LogP contribution in [-0.2, 0) is 27.2 Å². The molecule has 1 amide bonds. The van der Waals surface area contributed by atoms with Crippen LogP contribution in [0, 0.1) is 11.3 Å². The molecule has 33 heavy (non-hydrogen) atoms. The molecule has 2 rings (SSSR count). The third-order valence-corrected chi connectivity index (χ3v) is 5.47. The lowest BCUT2D eigenvalue weighted by molar-refractivity contribution is -0.175. The van der Waals surface area contributed by atoms with Gasteiger partial charge in [-0.2, -0.15) is 18.4 Å². The Hall–Kier alpha value is -2.78. The van der Waals surface area contributed by atoms with Crippen molar-refractivity contribution in [3.8, 4) is 23.3 Å². The van der Waals surface area contributed by atoms with Crippen molar-refractivity contribution in [3.05, 3.63) is 50.4 Å². The third-order valence-electron chi connectivity index (χ3n) is 4.29. The number of nitriles is 1. The molecule has 0 unspecified atom stereocenters. The van der Waals surface area contributed by atoms with E-state index in [4.69, 9.17) is 14.7 Å². The molecular formula is C21H17Br2F3N2O5. The molecule has 2 aromatic rings. The van der Waals surface area contributed by atoms with Crippen LogP contribution < -0.4 is 14.8 Å². The maximum atomic E-state index is 12.6. The Bertz CT molecular complexity index is 1060. The number of nitrogens with zero attached hydrogens (tertiary/aromatic N) is 1. The van der Waals surface area contributed by atoms with Gasteiger partial charge in [-0.05, 0) is 67.8 Å². The number of carbonyl (C=O) groups excluding carboxylic acids is 2. The van der Waals surface area contributed by atoms with Gasteiger partial charge < -0.3 is 19.5 Å². The van der Waals surface area contributed by atoms with Gasteiger partial charge in [-0.1, -0.05) is 0 Å². The van der Waals surface area contributed by atoms with Crippen LogP contribution in [0.4, 0.5) is 13.2 Å². The zero-order chi connectivity index (χ0) is 24.8. The first kappa shape index (κ1) is 26.5. The van der Waals surface area contributed by atoms with Crippen molar-refractivity contribution in [2.75, 3.05) is 14.2 Å². The van der Waals surface area contributed by atoms with Gasteiger partial charge in [0, 0.05) is 12.0 Å². The summed E-state index contributed by atoms with van der Waals surface area (Å²) in [6.07, 6.45) is -5.30. The second-order valence-electron chi connectivity index (χ2n) is 6.55. The average molecular weight is 594 g/mol. The summed E-state index contributed by atoms with van der Waals surface area (Å²) in [6, 6.07) is 8.51. The standard InChI is InChI=1S/C21H17Br2F3N2O5/c1-31-17-4-3-13(10-12(17)5-6-27)33-18-14(22)7-11(8-15(18)23)9-16(19(29)32-2)28-20(30)21(24,25)26/h3-4,7-8,10,16H,5,9H2,1-2H3,(H,28,30)/t16-/m0/s1. The molecule has 0 aliphatic heterocycles. The molecule has 1 N–H and O–H groups in total. The number of hydrogen-bond donors (Lipinski definition) is 1. The fraction of sp³-hybridized carbons (Fsp3) is 0.286. The summed E-state index contributed by atoms with van der Waals surface area (Å²) in [5.74, 6) is -1.97. The van der Waals surface area contributed by atoms with Crippen molar-refractivity contribution in [3.63, 3.8) is 0 Å². The first-order valence-corrected chi connectivity index (χ1v) is 10.7. The molecule has 0 aromatic heterocycles. The van der Waals surface area contributed by atoms with E-state index in [1.54, 1.807) is 23.5 Å². The van der Waals surface area contributed by atoms with Crippen LogP contribution in [0.3, 0.4) is 0 Å². The second kappa shape index (κ2) is 11.4. The van der Waals surface area contributed by atoms with Crippen molar-refractivity contribution in [1.82, 2.24) is 5.32 Å². The van der Waals surface area contributed by atoms with Gasteiger partial charge in [-0.25, -0.2) is 4.79 Å². The maximum Gasteiger partial charge on any atom is 0.471 e. The molecule has 0 radical (unpaired) electrons. The molecule has 0 saturated carbocycles. The largest absolute Gasteiger partial charge is 0.496 e. The zero-order valence-corrected chi connectivity index (χ0v) is 20.4. The molecule has 0 saturated heterocycles. The van der Waals surface area contributed by atoms with Crippen LogP contribution in [0.2, 0.25) is 0 Å². The van der Waals surface area contributed by atoms with Gasteiger partial charge in [0.25, 0.3) is 0 Å². The predicted molar refractivity (Wildman–Crippen MR) is 118 cm³/mol. The van der Waals surface area contributed by atoms with E-state index in [0.717, 1.165) is 7.11 Å². The quantitative estimate of drug-likeness (QED) is 0.440. The van der Waals surface area contributed by atoms with Crippen LogP contribution in [0.15, 0.2) is 39.3 Å². The Morgan fingerprint density at radius 2 is 1.79 bits per heavy atom. The molecule has 0 aliphatic carbocycles. The molecule has 1 atom stereocenters. The van der Waals surface area contributed by atoms with Gasteiger partial charge in [0.15, 0.2) is 5.75 Å². The van der Waals surface area contributed by atoms with E-state index < -0.39 is 24.1 Å². The average Bonchev–Trinajstić information content (AvgIpc) is 2.75. The number of nitrogens with one attached hydrogen (secondary N) is 1. The summed E-state index contributed by atoms with van der Waals surface area (Å²) in [5, 5.41) is 10.6. The highest BCUT2D eigenvalue weighted by molar-refractivity contribution is 9.11. The molecule has 0 heterocycles. The third kappa shape index (κ3) is 7.10. The van der Waals surface area contributed by atoms with Crippen molar-refractivity contribution in [2.45, 2.75) is 25.1 Å². The molecule has 0 aliphatic rings. The number of ether oxygens (including phenoxy) is 3. The molecule has 176 valence electrons. The lowest BCUT2D eigenvalue weighted by atomic mass is 10.1. The first-order chi connectivity index (χ1) is 15.5. The molecule has 0 bridgehead atoms. The van der Waals surface area contributed by atoms with Crippen LogP contribution in [0.25, 0.3) is 0 Å². The lowest BCUT2D eigenvalue weighted by Crippen LogP contribution is -2.48. The first-order valence-electron chi connectivity index (χ1n) is 9.15. The van der Waals surface area contributed by atoms with Gasteiger partial charge in [0.05, 0.1) is 35.7 Å². The van der Waals surface area contributed by atoms with E-state index in [-0.39, 0.29) is 12.8 Å². The van der Waals surface area contributed by atoms with Crippen molar-refractivity contribution < 1.29 is 37.0 Å². The van der Waals surface area contributed by atoms with Crippen molar-refractivity contribution in [1.29, 1.82) is 5.26 Å². The zero-order valence-electron chi connectivity index (χ0n) is 17.3. The fourth-order valence-corrected chi connectivity index (χ4v) is 4.24. The molecule has 12 heteroatoms. The number of hydrogen-bond acceptors (Lipinski definition) is 6. The summed E-state index contributed by atoms with van der Waals surface area (Å²) in [4.78, 5) is 23.2. The normalized spacial score (nSPS) is 11.8. The molecule has 2 aromatic carbocycles. The number of methoxy groups -OCH3 is 2. The van der Waals surface area contributed by atoms with Crippen LogP contribution in [-0.4, -0.2) is 38.3 Å². The SMILES string of the molecule is COC(=O)[C@H](Cc1cc(Br)c(Oc2ccc(OC)c(CC#N)c2)c(Br)c1)NC(=O)C(F)(F)F. The van der Waals surface area contributed by atoms with Crippen molar-refractivity contribution >= 4 is 43.7 Å². The minimum absolute atomic E-state index is 0.111. The molecule has 0 fully saturated rings. The Labute approximate surface area is 204 Å². The Morgan fingerprint density at radius 1 is 1.15 bits per heavy atom. The van der Waals surface area contributed by atoms with E-state index in [1.807, 2.05) is 6.07 Å². The number of amides is 1. The molecule has 7 nitrogen and oxygen atoms in total. The van der Waals surface area contributed by atoms with Crippen LogP contribution in [0.5, 0.6) is 17.2 Å². The van der Waals surface area contributed by atoms with Gasteiger partial charge in [0.1, 0.15) is 17.5 Å². The predicted octanol–water partition coefficient (Wildman–Crippen LogP) is 4.84. The fourth-order valence-electron chi connectivity index (χ4n) is 2.80. The highest BCUT2D eigenvalue weighted by Crippen LogP contribution is 2.39. The minimum Gasteiger partial charge on any atom is -0.496 e. The van der Waals surface area contributed by atoms with Crippen LogP contribution in [0.1, 0.15) is 11.1 Å². The topological polar surface area (TPSA) is 97.7 Å². The molecule has 0 spiro atoms. The van der Waals surface area contributed by atoms with Crippen molar-refractivity contribution in [2.24, 2.45) is 0 Å². The molecular weight excluding hydrogens is 577 g/mol. The van der Waals surface area contributed by atoms with Gasteiger partial charge >= 0.3 is 18.1 Å². The lowest BCUT2D eigenvalue weighted by Gasteiger charge is -2.19. The van der Waals surface area contributed by atoms with E-state index >= 15 is 0 Å². The second-order valence-corrected chi connectivity index (χ2v) is 8.26. The highest BCUT2D eigenvalue weighted by Gasteiger charge is 2.41. The minimum atomic E-state index is -5.14. The summed E-state index contributed by atoms with van der Waals surface area (Å²) >= 11 is 6.69. The van der Waals surface area contributed by atoms with E-state index in [0.29, 0.717) is 37.3 Å². The summed E-state index contributed by atoms with van der Waals surface area (Å²) in [6.45, 7) is 0. The van der Waals surface area contributed by atoms with E-state index in [9.17, 15) is 22.8 Å². The monoisotopic (exact) mass is 592 g/mol. The number of alkyl halides is 3. The number of halogens is 5. The van der Waals surface area contributed by atoms with Gasteiger partial charge in [0.2, 0.25) is 0 Å². The van der Waals surface area contributed by atoms with Gasteiger partial charge in [-0.3, -0.25) is 4.79 Å². The highest BCUT2D eigenvalue weighted by atomic mass is 79.9. The Balaban J connectivity index is 2.28. The smallest absolute Gasteiger partial charge is 0.471 e. The summed E-state index contributed by atoms with van der Waals surface area (Å²) in [5.41, 5.74) is 1.04. The number of rotatable bonds is 8. The van der Waals surface area contributed by atoms with E-state index in [2.05, 4.69) is 36.6 Å². The maximum absolute atomic E-state index is 12.6. The Kier molecular flexibility index (Phi) is 9.13. The van der Waals surface area contributed by atoms with Crippen LogP contribution >= 0.6 is 31.9 Å². The van der Waals surface area contributed by atoms with Gasteiger partial charge in [-0.15, -0.1) is 0 Å². The number of esters is 1. The number of carbonyl (C=O) groups is 2. The Morgan fingerprint density at radius 3 is 2.30 bits per heavy atom.